The van der Waals surface area contributed by atoms with Gasteiger partial charge in [0.15, 0.2) is 18.0 Å². The number of hydroxylamine groups is 4. The Morgan fingerprint density at radius 3 is 1.87 bits per heavy atom. The molecular formula is C32H35BrN4O10. The molecule has 0 N–H and O–H groups in total. The number of hydrogen-bond acceptors (Lipinski definition) is 11. The molecule has 47 heavy (non-hydrogen) atoms. The lowest BCUT2D eigenvalue weighted by Gasteiger charge is -2.12. The molecule has 14 nitrogen and oxygen atoms in total. The SMILES string of the molecule is O=C(CCCCCOc1ccc2nc(-c3cc[n+](CCCCCC(=O)ON4C(=O)CCC4=O)cc3)oc2c1)ON1C(=O)CCC1=O.[Br-]. The summed E-state index contributed by atoms with van der Waals surface area (Å²) in [6.07, 6.45) is 8.56. The van der Waals surface area contributed by atoms with Gasteiger partial charge in [0.1, 0.15) is 17.8 Å². The van der Waals surface area contributed by atoms with E-state index < -0.39 is 35.6 Å². The number of aromatic nitrogens is 2. The van der Waals surface area contributed by atoms with Crippen molar-refractivity contribution in [2.75, 3.05) is 6.61 Å². The second-order valence-corrected chi connectivity index (χ2v) is 11.0. The van der Waals surface area contributed by atoms with Gasteiger partial charge >= 0.3 is 11.9 Å². The van der Waals surface area contributed by atoms with Crippen molar-refractivity contribution in [1.82, 2.24) is 15.1 Å². The van der Waals surface area contributed by atoms with Crippen molar-refractivity contribution in [1.29, 1.82) is 0 Å². The molecule has 1 aromatic carbocycles. The summed E-state index contributed by atoms with van der Waals surface area (Å²) in [5, 5.41) is 1.14. The minimum Gasteiger partial charge on any atom is -1.00 e. The first-order valence-electron chi connectivity index (χ1n) is 15.4. The number of hydrogen-bond donors (Lipinski definition) is 0. The molecule has 15 heteroatoms. The van der Waals surface area contributed by atoms with Crippen molar-refractivity contribution < 1.29 is 69.1 Å². The Morgan fingerprint density at radius 1 is 0.745 bits per heavy atom. The van der Waals surface area contributed by atoms with Crippen LogP contribution in [0.25, 0.3) is 22.6 Å². The summed E-state index contributed by atoms with van der Waals surface area (Å²) < 4.78 is 13.8. The molecule has 2 aliphatic heterocycles. The Hall–Kier alpha value is -4.66. The number of aryl methyl sites for hydroxylation is 1. The topological polar surface area (TPSA) is 166 Å². The molecule has 0 aliphatic carbocycles. The van der Waals surface area contributed by atoms with E-state index in [0.717, 1.165) is 24.9 Å². The molecule has 5 rings (SSSR count). The maximum absolute atomic E-state index is 11.9. The lowest BCUT2D eigenvalue weighted by molar-refractivity contribution is -0.697. The molecule has 2 aliphatic rings. The normalized spacial score (nSPS) is 14.6. The number of fused-ring (bicyclic) bond motifs is 1. The number of carbonyl (C=O) groups excluding carboxylic acids is 6. The van der Waals surface area contributed by atoms with E-state index in [9.17, 15) is 28.8 Å². The van der Waals surface area contributed by atoms with Gasteiger partial charge in [-0.1, -0.05) is 0 Å². The van der Waals surface area contributed by atoms with Gasteiger partial charge in [-0.15, -0.1) is 10.1 Å². The van der Waals surface area contributed by atoms with Crippen LogP contribution in [-0.2, 0) is 45.0 Å². The summed E-state index contributed by atoms with van der Waals surface area (Å²) >= 11 is 0. The van der Waals surface area contributed by atoms with Gasteiger partial charge in [0.2, 0.25) is 5.89 Å². The summed E-state index contributed by atoms with van der Waals surface area (Å²) in [5.74, 6) is -1.99. The van der Waals surface area contributed by atoms with Crippen LogP contribution in [-0.4, -0.2) is 57.3 Å². The standard InChI is InChI=1S/C32H35N4O10.BrH/c37-26-11-12-27(38)35(26)45-30(41)7-3-1-5-17-34-18-15-22(16-19-34)32-33-24-10-9-23(21-25(24)44-32)43-20-6-2-4-8-31(42)46-36-28(39)13-14-29(36)40;/h9-10,15-16,18-19,21H,1-8,11-14,17,20H2;1H/q+1;/p-1. The molecule has 0 atom stereocenters. The van der Waals surface area contributed by atoms with E-state index in [4.69, 9.17) is 18.8 Å². The highest BCUT2D eigenvalue weighted by molar-refractivity contribution is 6.02. The Balaban J connectivity index is 0.00000500. The number of benzene rings is 1. The number of halogens is 1. The van der Waals surface area contributed by atoms with Crippen LogP contribution in [0.2, 0.25) is 0 Å². The van der Waals surface area contributed by atoms with Gasteiger partial charge in [0.25, 0.3) is 23.6 Å². The van der Waals surface area contributed by atoms with Crippen molar-refractivity contribution in [3.8, 4) is 17.2 Å². The quantitative estimate of drug-likeness (QED) is 0.115. The van der Waals surface area contributed by atoms with Crippen LogP contribution in [0.1, 0.15) is 77.0 Å². The van der Waals surface area contributed by atoms with Gasteiger partial charge in [-0.2, -0.15) is 0 Å². The average molecular weight is 716 g/mol. The number of pyridine rings is 1. The highest BCUT2D eigenvalue weighted by atomic mass is 79.9. The van der Waals surface area contributed by atoms with Crippen molar-refractivity contribution in [3.05, 3.63) is 42.7 Å². The van der Waals surface area contributed by atoms with Crippen LogP contribution in [0.15, 0.2) is 47.1 Å². The molecule has 250 valence electrons. The fraction of sp³-hybridized carbons (Fsp3) is 0.438. The van der Waals surface area contributed by atoms with Crippen LogP contribution in [0, 0.1) is 0 Å². The molecule has 2 saturated heterocycles. The Bertz CT molecular complexity index is 1590. The molecule has 3 aromatic rings. The zero-order valence-corrected chi connectivity index (χ0v) is 27.3. The van der Waals surface area contributed by atoms with Gasteiger partial charge in [-0.3, -0.25) is 19.2 Å². The van der Waals surface area contributed by atoms with Crippen molar-refractivity contribution in [2.24, 2.45) is 0 Å². The molecule has 0 radical (unpaired) electrons. The molecule has 2 fully saturated rings. The number of unbranched alkanes of at least 4 members (excludes halogenated alkanes) is 4. The first-order chi connectivity index (χ1) is 22.3. The largest absolute Gasteiger partial charge is 1.00 e. The predicted molar refractivity (Wildman–Crippen MR) is 156 cm³/mol. The van der Waals surface area contributed by atoms with Crippen LogP contribution in [0.5, 0.6) is 5.75 Å². The Morgan fingerprint density at radius 2 is 1.30 bits per heavy atom. The van der Waals surface area contributed by atoms with Crippen LogP contribution < -0.4 is 26.3 Å². The summed E-state index contributed by atoms with van der Waals surface area (Å²) in [4.78, 5) is 84.2. The predicted octanol–water partition coefficient (Wildman–Crippen LogP) is 0.500. The maximum Gasteiger partial charge on any atom is 0.333 e. The number of carbonyl (C=O) groups is 6. The summed E-state index contributed by atoms with van der Waals surface area (Å²) in [7, 11) is 0. The number of rotatable bonds is 16. The highest BCUT2D eigenvalue weighted by Gasteiger charge is 2.33. The molecule has 2 aromatic heterocycles. The van der Waals surface area contributed by atoms with Gasteiger partial charge in [0, 0.05) is 68.7 Å². The smallest absolute Gasteiger partial charge is 0.333 e. The number of ether oxygens (including phenoxy) is 1. The third-order valence-electron chi connectivity index (χ3n) is 7.49. The second-order valence-electron chi connectivity index (χ2n) is 11.0. The van der Waals surface area contributed by atoms with Gasteiger partial charge in [-0.05, 0) is 44.2 Å². The lowest BCUT2D eigenvalue weighted by atomic mass is 10.2. The summed E-state index contributed by atoms with van der Waals surface area (Å²) in [5.41, 5.74) is 2.11. The van der Waals surface area contributed by atoms with Gasteiger partial charge in [0.05, 0.1) is 6.61 Å². The minimum atomic E-state index is -0.602. The fourth-order valence-corrected chi connectivity index (χ4v) is 4.96. The Labute approximate surface area is 280 Å². The Kier molecular flexibility index (Phi) is 12.6. The molecule has 0 unspecified atom stereocenters. The number of imide groups is 2. The second kappa shape index (κ2) is 16.8. The monoisotopic (exact) mass is 714 g/mol. The fourth-order valence-electron chi connectivity index (χ4n) is 4.96. The van der Waals surface area contributed by atoms with E-state index >= 15 is 0 Å². The zero-order chi connectivity index (χ0) is 32.5. The summed E-state index contributed by atoms with van der Waals surface area (Å²) in [6, 6.07) is 9.27. The third-order valence-corrected chi connectivity index (χ3v) is 7.49. The number of nitrogens with zero attached hydrogens (tertiary/aromatic N) is 4. The van der Waals surface area contributed by atoms with E-state index in [1.165, 1.54) is 0 Å². The first kappa shape index (κ1) is 35.2. The molecule has 4 heterocycles. The molecule has 4 amide bonds. The first-order valence-corrected chi connectivity index (χ1v) is 15.4. The van der Waals surface area contributed by atoms with Gasteiger partial charge in [-0.25, -0.2) is 19.1 Å². The summed E-state index contributed by atoms with van der Waals surface area (Å²) in [6.45, 7) is 1.19. The van der Waals surface area contributed by atoms with E-state index in [-0.39, 0.29) is 55.5 Å². The average Bonchev–Trinajstić information content (AvgIpc) is 3.71. The zero-order valence-electron chi connectivity index (χ0n) is 25.7. The van der Waals surface area contributed by atoms with Crippen molar-refractivity contribution in [3.63, 3.8) is 0 Å². The lowest BCUT2D eigenvalue weighted by Crippen LogP contribution is -3.00. The molecular weight excluding hydrogens is 680 g/mol. The molecule has 0 spiro atoms. The van der Waals surface area contributed by atoms with Crippen molar-refractivity contribution in [2.45, 2.75) is 83.6 Å². The number of amides is 4. The van der Waals surface area contributed by atoms with Crippen LogP contribution in [0.4, 0.5) is 0 Å². The highest BCUT2D eigenvalue weighted by Crippen LogP contribution is 2.27. The molecule has 0 saturated carbocycles. The van der Waals surface area contributed by atoms with E-state index in [0.29, 0.717) is 65.2 Å². The third kappa shape index (κ3) is 9.67. The van der Waals surface area contributed by atoms with E-state index in [1.54, 1.807) is 6.07 Å². The van der Waals surface area contributed by atoms with Crippen LogP contribution >= 0.6 is 0 Å². The maximum atomic E-state index is 11.9. The van der Waals surface area contributed by atoms with Gasteiger partial charge < -0.3 is 35.8 Å². The van der Waals surface area contributed by atoms with E-state index in [1.807, 2.05) is 41.2 Å². The van der Waals surface area contributed by atoms with E-state index in [2.05, 4.69) is 4.98 Å². The number of oxazole rings is 1. The van der Waals surface area contributed by atoms with Crippen molar-refractivity contribution >= 4 is 46.7 Å². The molecule has 0 bridgehead atoms. The minimum absolute atomic E-state index is 0. The van der Waals surface area contributed by atoms with Crippen LogP contribution in [0.3, 0.4) is 0 Å².